The van der Waals surface area contributed by atoms with E-state index in [1.54, 1.807) is 0 Å². The Morgan fingerprint density at radius 3 is 3.06 bits per heavy atom. The summed E-state index contributed by atoms with van der Waals surface area (Å²) in [6, 6.07) is 2.46. The van der Waals surface area contributed by atoms with Crippen LogP contribution in [0.1, 0.15) is 32.0 Å². The van der Waals surface area contributed by atoms with Gasteiger partial charge in [0.15, 0.2) is 0 Å². The highest BCUT2D eigenvalue weighted by Crippen LogP contribution is 2.31. The molecule has 0 aromatic carbocycles. The summed E-state index contributed by atoms with van der Waals surface area (Å²) in [5, 5.41) is 7.73. The van der Waals surface area contributed by atoms with Gasteiger partial charge in [0, 0.05) is 18.7 Å². The van der Waals surface area contributed by atoms with Gasteiger partial charge in [0.25, 0.3) is 0 Å². The molecule has 3 atom stereocenters. The molecule has 1 aromatic heterocycles. The number of rotatable bonds is 4. The van der Waals surface area contributed by atoms with Crippen molar-refractivity contribution in [1.29, 1.82) is 0 Å². The van der Waals surface area contributed by atoms with Crippen molar-refractivity contribution in [3.8, 4) is 0 Å². The van der Waals surface area contributed by atoms with E-state index in [1.165, 1.54) is 5.69 Å². The van der Waals surface area contributed by atoms with Crippen LogP contribution in [0.3, 0.4) is 0 Å². The van der Waals surface area contributed by atoms with Crippen LogP contribution in [-0.4, -0.2) is 29.5 Å². The summed E-state index contributed by atoms with van der Waals surface area (Å²) in [5.41, 5.74) is 1.27. The Bertz CT molecular complexity index is 337. The fourth-order valence-electron chi connectivity index (χ4n) is 2.58. The zero-order valence-electron chi connectivity index (χ0n) is 10.3. The Labute approximate surface area is 97.0 Å². The Kier molecular flexibility index (Phi) is 3.61. The Morgan fingerprint density at radius 2 is 2.50 bits per heavy atom. The molecule has 1 fully saturated rings. The van der Waals surface area contributed by atoms with Gasteiger partial charge in [-0.25, -0.2) is 0 Å². The molecule has 0 bridgehead atoms. The number of hydrogen-bond acceptors (Lipinski definition) is 3. The van der Waals surface area contributed by atoms with Crippen molar-refractivity contribution >= 4 is 0 Å². The number of ether oxygens (including phenoxy) is 1. The monoisotopic (exact) mass is 223 g/mol. The molecule has 4 nitrogen and oxygen atoms in total. The number of hydrogen-bond donors (Lipinski definition) is 1. The maximum absolute atomic E-state index is 5.65. The van der Waals surface area contributed by atoms with Crippen molar-refractivity contribution in [3.05, 3.63) is 18.0 Å². The minimum absolute atomic E-state index is 0.354. The molecule has 0 aliphatic carbocycles. The van der Waals surface area contributed by atoms with Crippen molar-refractivity contribution in [2.24, 2.45) is 5.92 Å². The maximum Gasteiger partial charge on any atom is 0.0557 e. The first kappa shape index (κ1) is 11.6. The summed E-state index contributed by atoms with van der Waals surface area (Å²) < 4.78 is 7.71. The van der Waals surface area contributed by atoms with Gasteiger partial charge in [-0.15, -0.1) is 0 Å². The van der Waals surface area contributed by atoms with Gasteiger partial charge in [0.1, 0.15) is 0 Å². The summed E-state index contributed by atoms with van der Waals surface area (Å²) >= 11 is 0. The zero-order valence-corrected chi connectivity index (χ0v) is 10.3. The molecule has 1 aliphatic rings. The zero-order chi connectivity index (χ0) is 11.5. The molecule has 4 heteroatoms. The fourth-order valence-corrected chi connectivity index (χ4v) is 2.58. The van der Waals surface area contributed by atoms with Crippen molar-refractivity contribution < 1.29 is 4.74 Å². The van der Waals surface area contributed by atoms with Crippen LogP contribution < -0.4 is 5.32 Å². The predicted molar refractivity (Wildman–Crippen MR) is 63.2 cm³/mol. The second kappa shape index (κ2) is 4.97. The molecule has 1 aliphatic heterocycles. The minimum Gasteiger partial charge on any atom is -0.378 e. The first-order valence-electron chi connectivity index (χ1n) is 6.06. The van der Waals surface area contributed by atoms with Crippen molar-refractivity contribution in [2.75, 3.05) is 13.7 Å². The van der Waals surface area contributed by atoms with Crippen molar-refractivity contribution in [1.82, 2.24) is 15.1 Å². The molecule has 2 heterocycles. The molecule has 1 saturated heterocycles. The first-order chi connectivity index (χ1) is 7.76. The van der Waals surface area contributed by atoms with E-state index in [2.05, 4.69) is 35.0 Å². The van der Waals surface area contributed by atoms with Crippen LogP contribution in [0.15, 0.2) is 12.3 Å². The Morgan fingerprint density at radius 1 is 1.69 bits per heavy atom. The first-order valence-corrected chi connectivity index (χ1v) is 6.06. The smallest absolute Gasteiger partial charge is 0.0557 e. The minimum atomic E-state index is 0.354. The van der Waals surface area contributed by atoms with Crippen molar-refractivity contribution in [2.45, 2.75) is 39.0 Å². The Hall–Kier alpha value is -0.870. The number of aryl methyl sites for hydroxylation is 1. The quantitative estimate of drug-likeness (QED) is 0.842. The molecule has 0 radical (unpaired) electrons. The van der Waals surface area contributed by atoms with Gasteiger partial charge in [-0.1, -0.05) is 0 Å². The van der Waals surface area contributed by atoms with Gasteiger partial charge >= 0.3 is 0 Å². The third kappa shape index (κ3) is 2.13. The summed E-state index contributed by atoms with van der Waals surface area (Å²) in [4.78, 5) is 0. The highest BCUT2D eigenvalue weighted by Gasteiger charge is 2.31. The summed E-state index contributed by atoms with van der Waals surface area (Å²) in [5.74, 6) is 0.557. The SMILES string of the molecule is CCn1nccc1C(NC)C1COC(C)C1. The van der Waals surface area contributed by atoms with E-state index in [-0.39, 0.29) is 0 Å². The molecule has 0 saturated carbocycles. The van der Waals surface area contributed by atoms with Gasteiger partial charge in [-0.05, 0) is 33.4 Å². The largest absolute Gasteiger partial charge is 0.378 e. The van der Waals surface area contributed by atoms with E-state index < -0.39 is 0 Å². The summed E-state index contributed by atoms with van der Waals surface area (Å²) in [7, 11) is 2.01. The third-order valence-electron chi connectivity index (χ3n) is 3.38. The molecule has 2 rings (SSSR count). The molecule has 16 heavy (non-hydrogen) atoms. The highest BCUT2D eigenvalue weighted by atomic mass is 16.5. The molecule has 3 unspecified atom stereocenters. The highest BCUT2D eigenvalue weighted by molar-refractivity contribution is 5.09. The molecule has 0 amide bonds. The van der Waals surface area contributed by atoms with E-state index in [4.69, 9.17) is 4.74 Å². The van der Waals surface area contributed by atoms with E-state index >= 15 is 0 Å². The molecule has 1 aromatic rings. The normalized spacial score (nSPS) is 27.2. The van der Waals surface area contributed by atoms with E-state index in [9.17, 15) is 0 Å². The van der Waals surface area contributed by atoms with Gasteiger partial charge < -0.3 is 10.1 Å². The number of aromatic nitrogens is 2. The van der Waals surface area contributed by atoms with Gasteiger partial charge in [-0.2, -0.15) is 5.10 Å². The van der Waals surface area contributed by atoms with Crippen LogP contribution in [0.2, 0.25) is 0 Å². The summed E-state index contributed by atoms with van der Waals surface area (Å²) in [6.07, 6.45) is 3.39. The van der Waals surface area contributed by atoms with E-state index in [1.807, 2.05) is 13.2 Å². The third-order valence-corrected chi connectivity index (χ3v) is 3.38. The van der Waals surface area contributed by atoms with E-state index in [0.717, 1.165) is 19.6 Å². The second-order valence-corrected chi connectivity index (χ2v) is 4.48. The lowest BCUT2D eigenvalue weighted by atomic mass is 9.94. The fraction of sp³-hybridized carbons (Fsp3) is 0.750. The average Bonchev–Trinajstić information content (AvgIpc) is 2.89. The molecular weight excluding hydrogens is 202 g/mol. The predicted octanol–water partition coefficient (Wildman–Crippen LogP) is 1.59. The van der Waals surface area contributed by atoms with Crippen molar-refractivity contribution in [3.63, 3.8) is 0 Å². The van der Waals surface area contributed by atoms with Gasteiger partial charge in [0.2, 0.25) is 0 Å². The lowest BCUT2D eigenvalue weighted by Gasteiger charge is -2.22. The second-order valence-electron chi connectivity index (χ2n) is 4.48. The average molecular weight is 223 g/mol. The number of nitrogens with zero attached hydrogens (tertiary/aromatic N) is 2. The molecule has 0 spiro atoms. The van der Waals surface area contributed by atoms with Gasteiger partial charge in [-0.3, -0.25) is 4.68 Å². The molecule has 90 valence electrons. The molecular formula is C12H21N3O. The maximum atomic E-state index is 5.65. The van der Waals surface area contributed by atoms with E-state index in [0.29, 0.717) is 18.1 Å². The van der Waals surface area contributed by atoms with Crippen LogP contribution in [0.5, 0.6) is 0 Å². The van der Waals surface area contributed by atoms with Crippen LogP contribution in [0.4, 0.5) is 0 Å². The van der Waals surface area contributed by atoms with Crippen LogP contribution >= 0.6 is 0 Å². The molecule has 1 N–H and O–H groups in total. The lowest BCUT2D eigenvalue weighted by molar-refractivity contribution is 0.117. The summed E-state index contributed by atoms with van der Waals surface area (Å²) in [6.45, 7) is 6.03. The van der Waals surface area contributed by atoms with Crippen LogP contribution in [-0.2, 0) is 11.3 Å². The lowest BCUT2D eigenvalue weighted by Crippen LogP contribution is -2.28. The Balaban J connectivity index is 2.16. The topological polar surface area (TPSA) is 39.1 Å². The van der Waals surface area contributed by atoms with Gasteiger partial charge in [0.05, 0.1) is 24.4 Å². The number of nitrogens with one attached hydrogen (secondary N) is 1. The van der Waals surface area contributed by atoms with Crippen LogP contribution in [0, 0.1) is 5.92 Å². The standard InChI is InChI=1S/C12H21N3O/c1-4-15-11(5-6-14-15)12(13-3)10-7-9(2)16-8-10/h5-6,9-10,12-13H,4,7-8H2,1-3H3. The van der Waals surface area contributed by atoms with Crippen LogP contribution in [0.25, 0.3) is 0 Å².